The molecule has 3 N–H and O–H groups in total. The van der Waals surface area contributed by atoms with Gasteiger partial charge in [-0.3, -0.25) is 0 Å². The van der Waals surface area contributed by atoms with Crippen LogP contribution in [0.4, 0.5) is 18.9 Å². The summed E-state index contributed by atoms with van der Waals surface area (Å²) >= 11 is 0. The second kappa shape index (κ2) is 3.33. The third kappa shape index (κ3) is 1.78. The first-order valence-electron chi connectivity index (χ1n) is 4.51. The highest BCUT2D eigenvalue weighted by Crippen LogP contribution is 2.33. The number of alkyl halides is 3. The minimum absolute atomic E-state index is 0.256. The number of aromatic nitrogens is 1. The molecule has 16 heavy (non-hydrogen) atoms. The number of hydrogen-bond donors (Lipinski definition) is 2. The maximum atomic E-state index is 12.2. The predicted molar refractivity (Wildman–Crippen MR) is 54.1 cm³/mol. The smallest absolute Gasteiger partial charge is 0.406 e. The van der Waals surface area contributed by atoms with Crippen LogP contribution in [0.5, 0.6) is 5.88 Å². The number of nitrogen functional groups attached to an aromatic ring is 1. The van der Waals surface area contributed by atoms with Gasteiger partial charge in [0.25, 0.3) is 0 Å². The van der Waals surface area contributed by atoms with Crippen molar-refractivity contribution in [2.24, 2.45) is 0 Å². The molecule has 0 saturated carbocycles. The van der Waals surface area contributed by atoms with E-state index in [2.05, 4.69) is 0 Å². The van der Waals surface area contributed by atoms with E-state index in [-0.39, 0.29) is 11.1 Å². The van der Waals surface area contributed by atoms with Gasteiger partial charge < -0.3 is 15.4 Å². The fourth-order valence-corrected chi connectivity index (χ4v) is 1.64. The molecule has 3 nitrogen and oxygen atoms in total. The third-order valence-electron chi connectivity index (χ3n) is 2.27. The van der Waals surface area contributed by atoms with Crippen LogP contribution in [0.2, 0.25) is 0 Å². The van der Waals surface area contributed by atoms with Gasteiger partial charge in [-0.25, -0.2) is 0 Å². The summed E-state index contributed by atoms with van der Waals surface area (Å²) in [6.45, 7) is -1.23. The minimum atomic E-state index is -4.37. The Morgan fingerprint density at radius 2 is 2.00 bits per heavy atom. The van der Waals surface area contributed by atoms with Crippen LogP contribution in [-0.4, -0.2) is 15.8 Å². The van der Waals surface area contributed by atoms with Gasteiger partial charge in [0, 0.05) is 17.3 Å². The summed E-state index contributed by atoms with van der Waals surface area (Å²) in [5.74, 6) is -0.453. The summed E-state index contributed by atoms with van der Waals surface area (Å²) < 4.78 is 37.3. The molecule has 0 amide bonds. The molecule has 6 heteroatoms. The van der Waals surface area contributed by atoms with Crippen molar-refractivity contribution in [3.63, 3.8) is 0 Å². The summed E-state index contributed by atoms with van der Waals surface area (Å²) in [6.07, 6.45) is -3.14. The van der Waals surface area contributed by atoms with Crippen molar-refractivity contribution in [2.75, 3.05) is 5.73 Å². The number of benzene rings is 1. The molecule has 0 radical (unpaired) electrons. The molecule has 0 aliphatic rings. The fraction of sp³-hybridized carbons (Fsp3) is 0.200. The number of fused-ring (bicyclic) bond motifs is 1. The number of nitrogens with two attached hydrogens (primary N) is 1. The van der Waals surface area contributed by atoms with E-state index < -0.39 is 18.6 Å². The van der Waals surface area contributed by atoms with Crippen LogP contribution in [0.15, 0.2) is 24.4 Å². The largest absolute Gasteiger partial charge is 0.494 e. The van der Waals surface area contributed by atoms with Crippen LogP contribution in [0.3, 0.4) is 0 Å². The number of halogens is 3. The van der Waals surface area contributed by atoms with E-state index in [4.69, 9.17) is 5.73 Å². The summed E-state index contributed by atoms with van der Waals surface area (Å²) in [7, 11) is 0. The third-order valence-corrected chi connectivity index (χ3v) is 2.27. The van der Waals surface area contributed by atoms with Gasteiger partial charge in [0.15, 0.2) is 0 Å². The van der Waals surface area contributed by atoms with E-state index in [0.717, 1.165) is 4.57 Å². The Morgan fingerprint density at radius 3 is 2.56 bits per heavy atom. The fourth-order valence-electron chi connectivity index (χ4n) is 1.64. The zero-order valence-electron chi connectivity index (χ0n) is 8.12. The molecule has 0 unspecified atom stereocenters. The maximum absolute atomic E-state index is 12.2. The van der Waals surface area contributed by atoms with Gasteiger partial charge in [-0.05, 0) is 6.07 Å². The van der Waals surface area contributed by atoms with Crippen molar-refractivity contribution < 1.29 is 18.3 Å². The van der Waals surface area contributed by atoms with Crippen molar-refractivity contribution in [3.05, 3.63) is 24.4 Å². The SMILES string of the molecule is Nc1cccc2cn(CC(F)(F)F)c(O)c12. The molecule has 1 heterocycles. The average Bonchev–Trinajstić information content (AvgIpc) is 2.42. The van der Waals surface area contributed by atoms with E-state index in [1.165, 1.54) is 12.3 Å². The van der Waals surface area contributed by atoms with E-state index in [1.54, 1.807) is 12.1 Å². The molecule has 0 aliphatic carbocycles. The van der Waals surface area contributed by atoms with E-state index >= 15 is 0 Å². The first-order chi connectivity index (χ1) is 7.38. The average molecular weight is 230 g/mol. The van der Waals surface area contributed by atoms with E-state index in [1.807, 2.05) is 0 Å². The molecule has 0 spiro atoms. The summed E-state index contributed by atoms with van der Waals surface area (Å²) in [5, 5.41) is 10.4. The van der Waals surface area contributed by atoms with Crippen LogP contribution in [0.25, 0.3) is 10.8 Å². The molecule has 1 aromatic carbocycles. The van der Waals surface area contributed by atoms with Gasteiger partial charge in [0.2, 0.25) is 5.88 Å². The monoisotopic (exact) mass is 230 g/mol. The predicted octanol–water partition coefficient (Wildman–Crippen LogP) is 2.49. The van der Waals surface area contributed by atoms with Crippen molar-refractivity contribution >= 4 is 16.5 Å². The maximum Gasteiger partial charge on any atom is 0.406 e. The lowest BCUT2D eigenvalue weighted by molar-refractivity contribution is -0.141. The molecule has 2 rings (SSSR count). The Bertz CT molecular complexity index is 531. The van der Waals surface area contributed by atoms with Gasteiger partial charge in [-0.2, -0.15) is 13.2 Å². The molecule has 1 aromatic heterocycles. The van der Waals surface area contributed by atoms with Crippen LogP contribution in [0.1, 0.15) is 0 Å². The number of nitrogens with zero attached hydrogens (tertiary/aromatic N) is 1. The highest BCUT2D eigenvalue weighted by atomic mass is 19.4. The van der Waals surface area contributed by atoms with E-state index in [9.17, 15) is 18.3 Å². The molecule has 0 aliphatic heterocycles. The number of aromatic hydroxyl groups is 1. The Hall–Kier alpha value is -1.85. The van der Waals surface area contributed by atoms with Gasteiger partial charge in [0.05, 0.1) is 5.39 Å². The quantitative estimate of drug-likeness (QED) is 0.739. The van der Waals surface area contributed by atoms with Gasteiger partial charge in [-0.1, -0.05) is 12.1 Å². The van der Waals surface area contributed by atoms with Crippen LogP contribution in [-0.2, 0) is 6.54 Å². The van der Waals surface area contributed by atoms with E-state index in [0.29, 0.717) is 5.39 Å². The van der Waals surface area contributed by atoms with Crippen molar-refractivity contribution in [1.29, 1.82) is 0 Å². The second-order valence-electron chi connectivity index (χ2n) is 3.51. The minimum Gasteiger partial charge on any atom is -0.494 e. The molecular weight excluding hydrogens is 221 g/mol. The van der Waals surface area contributed by atoms with Crippen molar-refractivity contribution in [1.82, 2.24) is 4.57 Å². The number of rotatable bonds is 1. The highest BCUT2D eigenvalue weighted by molar-refractivity contribution is 5.97. The lowest BCUT2D eigenvalue weighted by Gasteiger charge is -2.08. The normalized spacial score (nSPS) is 12.2. The zero-order chi connectivity index (χ0) is 11.9. The Morgan fingerprint density at radius 1 is 1.31 bits per heavy atom. The lowest BCUT2D eigenvalue weighted by atomic mass is 10.2. The standard InChI is InChI=1S/C10H9F3N2O/c11-10(12,13)5-15-4-6-2-1-3-7(14)8(6)9(15)16/h1-4,16H,5,14H2. The highest BCUT2D eigenvalue weighted by Gasteiger charge is 2.29. The van der Waals surface area contributed by atoms with Crippen molar-refractivity contribution in [3.8, 4) is 5.88 Å². The molecule has 2 aromatic rings. The molecule has 0 fully saturated rings. The molecular formula is C10H9F3N2O. The molecule has 0 bridgehead atoms. The zero-order valence-corrected chi connectivity index (χ0v) is 8.12. The molecule has 0 atom stereocenters. The first-order valence-corrected chi connectivity index (χ1v) is 4.51. The summed E-state index contributed by atoms with van der Waals surface area (Å²) in [4.78, 5) is 0. The Balaban J connectivity index is 2.57. The Labute approximate surface area is 88.9 Å². The second-order valence-corrected chi connectivity index (χ2v) is 3.51. The number of anilines is 1. The van der Waals surface area contributed by atoms with Gasteiger partial charge in [0.1, 0.15) is 6.54 Å². The first kappa shape index (κ1) is 10.7. The number of hydrogen-bond acceptors (Lipinski definition) is 2. The van der Waals surface area contributed by atoms with Gasteiger partial charge >= 0.3 is 6.18 Å². The Kier molecular flexibility index (Phi) is 2.22. The molecule has 0 saturated heterocycles. The van der Waals surface area contributed by atoms with Crippen LogP contribution >= 0.6 is 0 Å². The topological polar surface area (TPSA) is 51.2 Å². The van der Waals surface area contributed by atoms with Gasteiger partial charge in [-0.15, -0.1) is 0 Å². The molecule has 86 valence electrons. The lowest BCUT2D eigenvalue weighted by Crippen LogP contribution is -2.16. The van der Waals surface area contributed by atoms with Crippen LogP contribution < -0.4 is 5.73 Å². The summed E-state index contributed by atoms with van der Waals surface area (Å²) in [6, 6.07) is 4.74. The summed E-state index contributed by atoms with van der Waals surface area (Å²) in [5.41, 5.74) is 5.84. The van der Waals surface area contributed by atoms with Crippen LogP contribution in [0, 0.1) is 0 Å². The van der Waals surface area contributed by atoms with Crippen molar-refractivity contribution in [2.45, 2.75) is 12.7 Å².